The van der Waals surface area contributed by atoms with Crippen LogP contribution in [0.25, 0.3) is 0 Å². The summed E-state index contributed by atoms with van der Waals surface area (Å²) in [4.78, 5) is 24.4. The highest BCUT2D eigenvalue weighted by Gasteiger charge is 2.18. The smallest absolute Gasteiger partial charge is 0.305 e. The van der Waals surface area contributed by atoms with Gasteiger partial charge in [0.2, 0.25) is 5.91 Å². The van der Waals surface area contributed by atoms with Crippen molar-refractivity contribution in [3.05, 3.63) is 48.6 Å². The van der Waals surface area contributed by atoms with Gasteiger partial charge in [-0.3, -0.25) is 9.59 Å². The summed E-state index contributed by atoms with van der Waals surface area (Å²) in [6.45, 7) is 4.80. The Bertz CT molecular complexity index is 988. The van der Waals surface area contributed by atoms with Gasteiger partial charge in [0.05, 0.1) is 25.4 Å². The molecule has 0 radical (unpaired) electrons. The molecule has 3 N–H and O–H groups in total. The summed E-state index contributed by atoms with van der Waals surface area (Å²) in [5.41, 5.74) is 0. The summed E-state index contributed by atoms with van der Waals surface area (Å²) in [5.74, 6) is -0.115. The number of rotatable bonds is 45. The molecule has 6 nitrogen and oxygen atoms in total. The number of esters is 1. The Balaban J connectivity index is 3.52. The molecule has 0 aliphatic carbocycles. The van der Waals surface area contributed by atoms with Crippen LogP contribution in [0, 0.1) is 0 Å². The molecular weight excluding hydrogens is 719 g/mol. The van der Waals surface area contributed by atoms with Crippen molar-refractivity contribution >= 4 is 11.9 Å². The Hall–Kier alpha value is -2.18. The quantitative estimate of drug-likeness (QED) is 0.0323. The van der Waals surface area contributed by atoms with Crippen molar-refractivity contribution in [1.82, 2.24) is 5.32 Å². The first kappa shape index (κ1) is 55.8. The molecule has 0 fully saturated rings. The van der Waals surface area contributed by atoms with E-state index >= 15 is 0 Å². The standard InChI is InChI=1S/C52H95NO5/c1-3-5-7-9-11-13-14-15-19-23-26-30-34-38-42-46-52(57)58-47-43-39-35-31-27-24-21-18-16-17-20-22-25-29-33-37-41-45-51(56)53-49(48-54)50(55)44-40-36-32-28-12-10-8-6-4-2/h15-16,18-19,24,27,40,44,49-50,54-55H,3-14,17,20-23,25-26,28-39,41-43,45-48H2,1-2H3,(H,53,56)/b18-16-,19-15-,27-24-,44-40+. The van der Waals surface area contributed by atoms with Gasteiger partial charge in [-0.1, -0.05) is 184 Å². The maximum atomic E-state index is 12.3. The summed E-state index contributed by atoms with van der Waals surface area (Å²) >= 11 is 0. The molecular formula is C52H95NO5. The van der Waals surface area contributed by atoms with Crippen molar-refractivity contribution in [2.24, 2.45) is 0 Å². The van der Waals surface area contributed by atoms with Gasteiger partial charge in [0.1, 0.15) is 0 Å². The SMILES string of the molecule is CCCCCCCC/C=C\CCCCCCCC(=O)OCCCCC/C=C\C/C=C\CCCCCCCCCC(=O)NC(CO)C(O)/C=C/CCCCCCCCC. The Morgan fingerprint density at radius 3 is 1.33 bits per heavy atom. The molecule has 0 heterocycles. The van der Waals surface area contributed by atoms with E-state index in [1.807, 2.05) is 6.08 Å². The van der Waals surface area contributed by atoms with Crippen molar-refractivity contribution < 1.29 is 24.5 Å². The van der Waals surface area contributed by atoms with Gasteiger partial charge in [0.25, 0.3) is 0 Å². The first-order valence-electron chi connectivity index (χ1n) is 24.9. The van der Waals surface area contributed by atoms with Crippen LogP contribution in [0.1, 0.15) is 245 Å². The second-order valence-electron chi connectivity index (χ2n) is 16.8. The second kappa shape index (κ2) is 47.5. The number of hydrogen-bond donors (Lipinski definition) is 3. The monoisotopic (exact) mass is 814 g/mol. The third-order valence-electron chi connectivity index (χ3n) is 11.1. The highest BCUT2D eigenvalue weighted by Crippen LogP contribution is 2.13. The van der Waals surface area contributed by atoms with Gasteiger partial charge in [0, 0.05) is 12.8 Å². The molecule has 0 aromatic heterocycles. The van der Waals surface area contributed by atoms with E-state index in [9.17, 15) is 19.8 Å². The molecule has 0 spiro atoms. The molecule has 0 saturated carbocycles. The largest absolute Gasteiger partial charge is 0.466 e. The van der Waals surface area contributed by atoms with Crippen LogP contribution in [0.15, 0.2) is 48.6 Å². The molecule has 1 amide bonds. The Kier molecular flexibility index (Phi) is 45.7. The molecule has 0 aromatic rings. The first-order valence-corrected chi connectivity index (χ1v) is 24.9. The number of nitrogens with one attached hydrogen (secondary N) is 1. The normalized spacial score (nSPS) is 13.1. The molecule has 2 unspecified atom stereocenters. The Morgan fingerprint density at radius 1 is 0.483 bits per heavy atom. The summed E-state index contributed by atoms with van der Waals surface area (Å²) in [6.07, 6.45) is 58.3. The van der Waals surface area contributed by atoms with Crippen LogP contribution >= 0.6 is 0 Å². The lowest BCUT2D eigenvalue weighted by Crippen LogP contribution is -2.45. The van der Waals surface area contributed by atoms with Crippen molar-refractivity contribution in [2.75, 3.05) is 13.2 Å². The fourth-order valence-electron chi connectivity index (χ4n) is 7.18. The van der Waals surface area contributed by atoms with Gasteiger partial charge in [-0.25, -0.2) is 0 Å². The van der Waals surface area contributed by atoms with E-state index < -0.39 is 12.1 Å². The zero-order chi connectivity index (χ0) is 42.3. The fraction of sp³-hybridized carbons (Fsp3) is 0.808. The zero-order valence-corrected chi connectivity index (χ0v) is 38.3. The van der Waals surface area contributed by atoms with E-state index in [0.717, 1.165) is 83.5 Å². The number of amides is 1. The number of aliphatic hydroxyl groups excluding tert-OH is 2. The van der Waals surface area contributed by atoms with Crippen LogP contribution in [0.4, 0.5) is 0 Å². The zero-order valence-electron chi connectivity index (χ0n) is 38.3. The lowest BCUT2D eigenvalue weighted by atomic mass is 10.1. The van der Waals surface area contributed by atoms with Gasteiger partial charge in [0.15, 0.2) is 0 Å². The van der Waals surface area contributed by atoms with E-state index in [1.54, 1.807) is 6.08 Å². The number of carbonyl (C=O) groups is 2. The molecule has 0 aliphatic rings. The average Bonchev–Trinajstić information content (AvgIpc) is 3.22. The predicted octanol–water partition coefficient (Wildman–Crippen LogP) is 14.7. The van der Waals surface area contributed by atoms with Gasteiger partial charge in [-0.15, -0.1) is 0 Å². The maximum Gasteiger partial charge on any atom is 0.305 e. The number of carbonyl (C=O) groups excluding carboxylic acids is 2. The van der Waals surface area contributed by atoms with E-state index in [0.29, 0.717) is 19.4 Å². The minimum atomic E-state index is -0.853. The van der Waals surface area contributed by atoms with Crippen molar-refractivity contribution in [3.8, 4) is 0 Å². The molecule has 0 saturated heterocycles. The van der Waals surface area contributed by atoms with Crippen molar-refractivity contribution in [2.45, 2.75) is 257 Å². The van der Waals surface area contributed by atoms with E-state index in [1.165, 1.54) is 135 Å². The van der Waals surface area contributed by atoms with Crippen LogP contribution in [-0.2, 0) is 14.3 Å². The molecule has 0 bridgehead atoms. The van der Waals surface area contributed by atoms with Gasteiger partial charge < -0.3 is 20.3 Å². The minimum Gasteiger partial charge on any atom is -0.466 e. The second-order valence-corrected chi connectivity index (χ2v) is 16.8. The van der Waals surface area contributed by atoms with Gasteiger partial charge in [-0.05, 0) is 96.3 Å². The lowest BCUT2D eigenvalue weighted by Gasteiger charge is -2.20. The minimum absolute atomic E-state index is 0.0257. The average molecular weight is 814 g/mol. The third kappa shape index (κ3) is 43.4. The number of aliphatic hydroxyl groups is 2. The van der Waals surface area contributed by atoms with Crippen LogP contribution in [-0.4, -0.2) is 47.4 Å². The molecule has 58 heavy (non-hydrogen) atoms. The summed E-state index contributed by atoms with van der Waals surface area (Å²) in [6, 6.07) is -0.638. The summed E-state index contributed by atoms with van der Waals surface area (Å²) in [7, 11) is 0. The number of hydrogen-bond acceptors (Lipinski definition) is 5. The molecule has 338 valence electrons. The summed E-state index contributed by atoms with van der Waals surface area (Å²) in [5, 5.41) is 22.9. The van der Waals surface area contributed by atoms with E-state index in [4.69, 9.17) is 4.74 Å². The highest BCUT2D eigenvalue weighted by atomic mass is 16.5. The van der Waals surface area contributed by atoms with E-state index in [-0.39, 0.29) is 18.5 Å². The topological polar surface area (TPSA) is 95.9 Å². The van der Waals surface area contributed by atoms with Crippen molar-refractivity contribution in [1.29, 1.82) is 0 Å². The van der Waals surface area contributed by atoms with Crippen LogP contribution in [0.3, 0.4) is 0 Å². The lowest BCUT2D eigenvalue weighted by molar-refractivity contribution is -0.143. The number of allylic oxidation sites excluding steroid dienone is 7. The third-order valence-corrected chi connectivity index (χ3v) is 11.1. The van der Waals surface area contributed by atoms with Gasteiger partial charge >= 0.3 is 5.97 Å². The number of unbranched alkanes of at least 4 members (excludes halogenated alkanes) is 28. The van der Waals surface area contributed by atoms with Gasteiger partial charge in [-0.2, -0.15) is 0 Å². The molecule has 2 atom stereocenters. The Labute approximate surface area is 359 Å². The predicted molar refractivity (Wildman–Crippen MR) is 250 cm³/mol. The molecule has 0 aliphatic heterocycles. The maximum absolute atomic E-state index is 12.3. The number of ether oxygens (including phenoxy) is 1. The van der Waals surface area contributed by atoms with E-state index in [2.05, 4.69) is 55.6 Å². The van der Waals surface area contributed by atoms with Crippen LogP contribution in [0.2, 0.25) is 0 Å². The fourth-order valence-corrected chi connectivity index (χ4v) is 7.18. The molecule has 0 rings (SSSR count). The summed E-state index contributed by atoms with van der Waals surface area (Å²) < 4.78 is 5.44. The van der Waals surface area contributed by atoms with Crippen molar-refractivity contribution in [3.63, 3.8) is 0 Å². The van der Waals surface area contributed by atoms with Crippen LogP contribution in [0.5, 0.6) is 0 Å². The molecule has 0 aromatic carbocycles. The van der Waals surface area contributed by atoms with Crippen LogP contribution < -0.4 is 5.32 Å². The first-order chi connectivity index (χ1) is 28.5. The highest BCUT2D eigenvalue weighted by molar-refractivity contribution is 5.76. The Morgan fingerprint density at radius 2 is 0.862 bits per heavy atom. The molecule has 6 heteroatoms.